The molecule has 0 saturated carbocycles. The van der Waals surface area contributed by atoms with E-state index < -0.39 is 8.32 Å². The van der Waals surface area contributed by atoms with Crippen molar-refractivity contribution in [1.82, 2.24) is 0 Å². The van der Waals surface area contributed by atoms with Gasteiger partial charge in [0.05, 0.1) is 0 Å². The molecule has 0 atom stereocenters. The van der Waals surface area contributed by atoms with Gasteiger partial charge in [0.25, 0.3) is 0 Å². The molecule has 0 N–H and O–H groups in total. The van der Waals surface area contributed by atoms with Gasteiger partial charge in [-0.1, -0.05) is 41.5 Å². The standard InChI is InChI=1S/C14H25OSi.2ClH.Zr/c1-10-9-13(12(3)11(10)2)15-16(7,8)14(4,5)6;;;/h9H,1-8H3;2*1H;/q-1;;;+3/p-2. The third-order valence-electron chi connectivity index (χ3n) is 4.04. The van der Waals surface area contributed by atoms with Crippen LogP contribution in [0.2, 0.25) is 18.1 Å². The zero-order valence-corrected chi connectivity index (χ0v) is 18.2. The van der Waals surface area contributed by atoms with Crippen molar-refractivity contribution in [3.05, 3.63) is 22.8 Å². The number of aryl methyl sites for hydroxylation is 1. The molecule has 0 saturated heterocycles. The summed E-state index contributed by atoms with van der Waals surface area (Å²) in [4.78, 5) is 0. The number of hydrogen-bond donors (Lipinski definition) is 0. The number of rotatable bonds is 2. The molecule has 0 bridgehead atoms. The van der Waals surface area contributed by atoms with Crippen LogP contribution in [0.3, 0.4) is 0 Å². The molecular weight excluding hydrogens is 374 g/mol. The molecule has 0 heterocycles. The van der Waals surface area contributed by atoms with E-state index in [1.54, 1.807) is 0 Å². The fraction of sp³-hybridized carbons (Fsp3) is 0.643. The molecule has 1 aromatic rings. The second-order valence-corrected chi connectivity index (χ2v) is 11.0. The summed E-state index contributed by atoms with van der Waals surface area (Å²) in [5.41, 5.74) is 4.02. The zero-order chi connectivity index (χ0) is 12.7. The Morgan fingerprint density at radius 1 is 1.05 bits per heavy atom. The number of hydrogen-bond acceptors (Lipinski definition) is 1. The first kappa shape index (κ1) is 24.8. The van der Waals surface area contributed by atoms with Crippen molar-refractivity contribution in [1.29, 1.82) is 0 Å². The molecule has 0 aliphatic carbocycles. The van der Waals surface area contributed by atoms with Crippen molar-refractivity contribution in [3.63, 3.8) is 0 Å². The maximum atomic E-state index is 6.34. The molecule has 0 amide bonds. The van der Waals surface area contributed by atoms with E-state index in [4.69, 9.17) is 4.43 Å². The summed E-state index contributed by atoms with van der Waals surface area (Å²) in [6.45, 7) is 17.9. The summed E-state index contributed by atoms with van der Waals surface area (Å²) in [6, 6.07) is 2.19. The fourth-order valence-corrected chi connectivity index (χ4v) is 2.50. The van der Waals surface area contributed by atoms with Gasteiger partial charge in [-0.3, -0.25) is 0 Å². The van der Waals surface area contributed by atoms with Crippen LogP contribution in [-0.4, -0.2) is 8.32 Å². The topological polar surface area (TPSA) is 9.23 Å². The van der Waals surface area contributed by atoms with Crippen LogP contribution in [0.4, 0.5) is 0 Å². The molecule has 1 rings (SSSR count). The Bertz CT molecular complexity index is 395. The molecule has 0 aliphatic rings. The second-order valence-electron chi connectivity index (χ2n) is 6.30. The summed E-state index contributed by atoms with van der Waals surface area (Å²) < 4.78 is 6.34. The first-order valence-electron chi connectivity index (χ1n) is 5.99. The molecule has 5 heteroatoms. The molecule has 0 unspecified atom stereocenters. The maximum Gasteiger partial charge on any atom is 3.00 e. The molecule has 0 aliphatic heterocycles. The van der Waals surface area contributed by atoms with E-state index in [1.807, 2.05) is 0 Å². The fourth-order valence-electron chi connectivity index (χ4n) is 1.43. The van der Waals surface area contributed by atoms with Gasteiger partial charge in [0.2, 0.25) is 8.32 Å². The predicted molar refractivity (Wildman–Crippen MR) is 74.1 cm³/mol. The van der Waals surface area contributed by atoms with Crippen LogP contribution in [0.25, 0.3) is 0 Å². The molecular formula is C14H25Cl2OSiZr. The summed E-state index contributed by atoms with van der Waals surface area (Å²) >= 11 is 0. The van der Waals surface area contributed by atoms with Crippen LogP contribution in [0.1, 0.15) is 37.5 Å². The molecule has 19 heavy (non-hydrogen) atoms. The summed E-state index contributed by atoms with van der Waals surface area (Å²) in [5, 5.41) is 0.262. The Labute approximate surface area is 151 Å². The minimum absolute atomic E-state index is 0. The minimum atomic E-state index is -1.69. The van der Waals surface area contributed by atoms with E-state index in [-0.39, 0.29) is 56.1 Å². The van der Waals surface area contributed by atoms with E-state index in [2.05, 4.69) is 60.7 Å². The Kier molecular flexibility index (Phi) is 10.9. The molecule has 1 nitrogen and oxygen atoms in total. The molecule has 0 aromatic heterocycles. The van der Waals surface area contributed by atoms with Crippen LogP contribution >= 0.6 is 0 Å². The summed E-state index contributed by atoms with van der Waals surface area (Å²) in [5.74, 6) is 1.10. The first-order chi connectivity index (χ1) is 7.06. The molecule has 109 valence electrons. The normalized spacial score (nSPS) is 10.9. The van der Waals surface area contributed by atoms with Gasteiger partial charge in [0.1, 0.15) is 0 Å². The van der Waals surface area contributed by atoms with Gasteiger partial charge < -0.3 is 29.2 Å². The third-order valence-corrected chi connectivity index (χ3v) is 8.39. The SMILES string of the molecule is Cc1c[c-](O[Si](C)(C)C(C)(C)C)c(C)c1C.[Cl-].[Cl-].[Zr+3]. The van der Waals surface area contributed by atoms with Gasteiger partial charge in [-0.25, -0.2) is 0 Å². The Morgan fingerprint density at radius 3 is 1.74 bits per heavy atom. The number of halogens is 2. The van der Waals surface area contributed by atoms with E-state index in [0.29, 0.717) is 0 Å². The molecule has 0 fully saturated rings. The predicted octanol–water partition coefficient (Wildman–Crippen LogP) is -1.28. The Balaban J connectivity index is -0.000000853. The van der Waals surface area contributed by atoms with Crippen LogP contribution in [0, 0.1) is 20.8 Å². The van der Waals surface area contributed by atoms with Crippen molar-refractivity contribution in [2.24, 2.45) is 0 Å². The largest absolute Gasteiger partial charge is 3.00 e. The van der Waals surface area contributed by atoms with Gasteiger partial charge in [-0.15, -0.1) is 11.6 Å². The quantitative estimate of drug-likeness (QED) is 0.445. The summed E-state index contributed by atoms with van der Waals surface area (Å²) in [6.07, 6.45) is 0. The van der Waals surface area contributed by atoms with Crippen molar-refractivity contribution in [3.8, 4) is 5.75 Å². The van der Waals surface area contributed by atoms with Crippen molar-refractivity contribution >= 4 is 8.32 Å². The average molecular weight is 400 g/mol. The van der Waals surface area contributed by atoms with E-state index in [9.17, 15) is 0 Å². The molecule has 1 radical (unpaired) electrons. The van der Waals surface area contributed by atoms with E-state index in [0.717, 1.165) is 5.75 Å². The van der Waals surface area contributed by atoms with Gasteiger partial charge in [-0.2, -0.15) is 11.1 Å². The second kappa shape index (κ2) is 8.32. The van der Waals surface area contributed by atoms with Gasteiger partial charge in [0.15, 0.2) is 0 Å². The van der Waals surface area contributed by atoms with Crippen molar-refractivity contribution < 1.29 is 55.4 Å². The van der Waals surface area contributed by atoms with E-state index >= 15 is 0 Å². The summed E-state index contributed by atoms with van der Waals surface area (Å²) in [7, 11) is -1.69. The zero-order valence-electron chi connectivity index (χ0n) is 13.2. The van der Waals surface area contributed by atoms with Gasteiger partial charge in [-0.05, 0) is 23.9 Å². The molecule has 0 spiro atoms. The Morgan fingerprint density at radius 2 is 1.47 bits per heavy atom. The Hall–Kier alpha value is 0.830. The van der Waals surface area contributed by atoms with E-state index in [1.165, 1.54) is 16.7 Å². The molecule has 1 aromatic carbocycles. The van der Waals surface area contributed by atoms with Crippen LogP contribution in [0.15, 0.2) is 6.07 Å². The average Bonchev–Trinajstić information content (AvgIpc) is 2.31. The van der Waals surface area contributed by atoms with Crippen LogP contribution in [0.5, 0.6) is 5.75 Å². The smallest absolute Gasteiger partial charge is 1.00 e. The van der Waals surface area contributed by atoms with Crippen LogP contribution < -0.4 is 29.2 Å². The maximum absolute atomic E-state index is 6.34. The van der Waals surface area contributed by atoms with Crippen LogP contribution in [-0.2, 0) is 26.2 Å². The van der Waals surface area contributed by atoms with Crippen molar-refractivity contribution in [2.45, 2.75) is 59.7 Å². The minimum Gasteiger partial charge on any atom is -1.00 e. The monoisotopic (exact) mass is 397 g/mol. The first-order valence-corrected chi connectivity index (χ1v) is 8.89. The van der Waals surface area contributed by atoms with Gasteiger partial charge >= 0.3 is 26.2 Å². The third kappa shape index (κ3) is 5.61. The van der Waals surface area contributed by atoms with Gasteiger partial charge in [0, 0.05) is 0 Å². The van der Waals surface area contributed by atoms with Crippen molar-refractivity contribution in [2.75, 3.05) is 0 Å².